The molecule has 0 saturated carbocycles. The Kier molecular flexibility index (Phi) is 4.78. The van der Waals surface area contributed by atoms with E-state index in [1.807, 2.05) is 13.1 Å². The highest BCUT2D eigenvalue weighted by Crippen LogP contribution is 2.15. The fraction of sp³-hybridized carbons (Fsp3) is 0.727. The van der Waals surface area contributed by atoms with E-state index in [9.17, 15) is 0 Å². The van der Waals surface area contributed by atoms with E-state index in [4.69, 9.17) is 4.52 Å². The summed E-state index contributed by atoms with van der Waals surface area (Å²) in [6, 6.07) is 2.04. The van der Waals surface area contributed by atoms with E-state index >= 15 is 0 Å². The van der Waals surface area contributed by atoms with Gasteiger partial charge in [0.05, 0.1) is 5.69 Å². The van der Waals surface area contributed by atoms with Crippen LogP contribution in [-0.4, -0.2) is 37.2 Å². The standard InChI is InChI=1S/C11H21N3O/c1-9(2)11-7-10(13-15-11)8-14(4)6-5-12-3/h7,9,12H,5-6,8H2,1-4H3. The maximum absolute atomic E-state index is 5.24. The molecule has 86 valence electrons. The molecule has 0 amide bonds. The van der Waals surface area contributed by atoms with Gasteiger partial charge in [0, 0.05) is 31.6 Å². The van der Waals surface area contributed by atoms with Gasteiger partial charge in [-0.1, -0.05) is 19.0 Å². The first kappa shape index (κ1) is 12.2. The Morgan fingerprint density at radius 1 is 1.53 bits per heavy atom. The summed E-state index contributed by atoms with van der Waals surface area (Å²) in [5.74, 6) is 1.38. The van der Waals surface area contributed by atoms with Gasteiger partial charge in [-0.2, -0.15) is 0 Å². The zero-order chi connectivity index (χ0) is 11.3. The van der Waals surface area contributed by atoms with E-state index in [0.29, 0.717) is 5.92 Å². The van der Waals surface area contributed by atoms with Gasteiger partial charge in [0.15, 0.2) is 0 Å². The number of hydrogen-bond donors (Lipinski definition) is 1. The van der Waals surface area contributed by atoms with Crippen LogP contribution in [0.15, 0.2) is 10.6 Å². The minimum absolute atomic E-state index is 0.411. The Morgan fingerprint density at radius 2 is 2.27 bits per heavy atom. The lowest BCUT2D eigenvalue weighted by molar-refractivity contribution is 0.307. The molecule has 4 nitrogen and oxygen atoms in total. The molecular weight excluding hydrogens is 190 g/mol. The van der Waals surface area contributed by atoms with Crippen molar-refractivity contribution < 1.29 is 4.52 Å². The van der Waals surface area contributed by atoms with Crippen molar-refractivity contribution >= 4 is 0 Å². The molecule has 0 fully saturated rings. The molecule has 0 aromatic carbocycles. The first-order valence-corrected chi connectivity index (χ1v) is 5.42. The lowest BCUT2D eigenvalue weighted by Gasteiger charge is -2.13. The van der Waals surface area contributed by atoms with Crippen molar-refractivity contribution in [1.82, 2.24) is 15.4 Å². The number of nitrogens with one attached hydrogen (secondary N) is 1. The van der Waals surface area contributed by atoms with Gasteiger partial charge >= 0.3 is 0 Å². The highest BCUT2D eigenvalue weighted by Gasteiger charge is 2.09. The second-order valence-electron chi connectivity index (χ2n) is 4.22. The summed E-state index contributed by atoms with van der Waals surface area (Å²) >= 11 is 0. The zero-order valence-corrected chi connectivity index (χ0v) is 10.1. The van der Waals surface area contributed by atoms with Gasteiger partial charge in [-0.25, -0.2) is 0 Å². The Labute approximate surface area is 91.6 Å². The molecule has 1 rings (SSSR count). The third-order valence-electron chi connectivity index (χ3n) is 2.32. The first-order valence-electron chi connectivity index (χ1n) is 5.42. The topological polar surface area (TPSA) is 41.3 Å². The molecule has 0 unspecified atom stereocenters. The molecule has 1 N–H and O–H groups in total. The molecule has 0 atom stereocenters. The normalized spacial score (nSPS) is 11.6. The van der Waals surface area contributed by atoms with Crippen LogP contribution in [0.2, 0.25) is 0 Å². The van der Waals surface area contributed by atoms with Gasteiger partial charge in [-0.05, 0) is 14.1 Å². The number of rotatable bonds is 6. The van der Waals surface area contributed by atoms with Gasteiger partial charge in [0.25, 0.3) is 0 Å². The minimum Gasteiger partial charge on any atom is -0.361 e. The van der Waals surface area contributed by atoms with Gasteiger partial charge in [0.1, 0.15) is 5.76 Å². The van der Waals surface area contributed by atoms with E-state index in [1.54, 1.807) is 0 Å². The Hall–Kier alpha value is -0.870. The summed E-state index contributed by atoms with van der Waals surface area (Å²) in [6.45, 7) is 7.06. The number of aromatic nitrogens is 1. The number of hydrogen-bond acceptors (Lipinski definition) is 4. The van der Waals surface area contributed by atoms with Crippen molar-refractivity contribution in [1.29, 1.82) is 0 Å². The summed E-state index contributed by atoms with van der Waals surface area (Å²) in [5, 5.41) is 7.17. The van der Waals surface area contributed by atoms with Crippen molar-refractivity contribution in [3.63, 3.8) is 0 Å². The summed E-state index contributed by atoms with van der Waals surface area (Å²) in [7, 11) is 4.04. The quantitative estimate of drug-likeness (QED) is 0.773. The third-order valence-corrected chi connectivity index (χ3v) is 2.32. The fourth-order valence-corrected chi connectivity index (χ4v) is 1.33. The predicted octanol–water partition coefficient (Wildman–Crippen LogP) is 1.45. The largest absolute Gasteiger partial charge is 0.361 e. The molecule has 1 aromatic heterocycles. The van der Waals surface area contributed by atoms with Crippen LogP contribution in [0.4, 0.5) is 0 Å². The maximum Gasteiger partial charge on any atom is 0.139 e. The van der Waals surface area contributed by atoms with Crippen LogP contribution in [0, 0.1) is 0 Å². The van der Waals surface area contributed by atoms with Crippen LogP contribution >= 0.6 is 0 Å². The Balaban J connectivity index is 2.42. The van der Waals surface area contributed by atoms with Crippen LogP contribution in [-0.2, 0) is 6.54 Å². The molecule has 1 heterocycles. The van der Waals surface area contributed by atoms with Crippen molar-refractivity contribution in [2.75, 3.05) is 27.2 Å². The molecule has 0 spiro atoms. The van der Waals surface area contributed by atoms with Crippen molar-refractivity contribution in [3.05, 3.63) is 17.5 Å². The van der Waals surface area contributed by atoms with Crippen molar-refractivity contribution in [2.45, 2.75) is 26.3 Å². The van der Waals surface area contributed by atoms with E-state index in [2.05, 4.69) is 36.3 Å². The summed E-state index contributed by atoms with van der Waals surface area (Å²) < 4.78 is 5.24. The van der Waals surface area contributed by atoms with E-state index in [-0.39, 0.29) is 0 Å². The molecule has 0 radical (unpaired) electrons. The SMILES string of the molecule is CNCCN(C)Cc1cc(C(C)C)on1. The van der Waals surface area contributed by atoms with Crippen LogP contribution < -0.4 is 5.32 Å². The van der Waals surface area contributed by atoms with Crippen LogP contribution in [0.5, 0.6) is 0 Å². The molecular formula is C11H21N3O. The molecule has 0 bridgehead atoms. The average molecular weight is 211 g/mol. The second kappa shape index (κ2) is 5.88. The first-order chi connectivity index (χ1) is 7.13. The van der Waals surface area contributed by atoms with Gasteiger partial charge in [-0.15, -0.1) is 0 Å². The highest BCUT2D eigenvalue weighted by atomic mass is 16.5. The van der Waals surface area contributed by atoms with Crippen LogP contribution in [0.1, 0.15) is 31.2 Å². The summed E-state index contributed by atoms with van der Waals surface area (Å²) in [5.41, 5.74) is 1.01. The molecule has 0 aliphatic rings. The number of nitrogens with zero attached hydrogens (tertiary/aromatic N) is 2. The smallest absolute Gasteiger partial charge is 0.139 e. The minimum atomic E-state index is 0.411. The maximum atomic E-state index is 5.24. The molecule has 1 aromatic rings. The van der Waals surface area contributed by atoms with Gasteiger partial charge < -0.3 is 9.84 Å². The van der Waals surface area contributed by atoms with Crippen molar-refractivity contribution in [2.24, 2.45) is 0 Å². The van der Waals surface area contributed by atoms with Crippen LogP contribution in [0.3, 0.4) is 0 Å². The Morgan fingerprint density at radius 3 is 2.80 bits per heavy atom. The van der Waals surface area contributed by atoms with E-state index < -0.39 is 0 Å². The third kappa shape index (κ3) is 4.01. The van der Waals surface area contributed by atoms with E-state index in [0.717, 1.165) is 31.1 Å². The van der Waals surface area contributed by atoms with E-state index in [1.165, 1.54) is 0 Å². The number of likely N-dealkylation sites (N-methyl/N-ethyl adjacent to an activating group) is 2. The molecule has 0 aliphatic carbocycles. The summed E-state index contributed by atoms with van der Waals surface area (Å²) in [4.78, 5) is 2.22. The molecule has 15 heavy (non-hydrogen) atoms. The predicted molar refractivity (Wildman–Crippen MR) is 60.9 cm³/mol. The Bertz CT molecular complexity index is 283. The van der Waals surface area contributed by atoms with Gasteiger partial charge in [-0.3, -0.25) is 4.90 Å². The molecule has 0 saturated heterocycles. The highest BCUT2D eigenvalue weighted by molar-refractivity contribution is 5.08. The van der Waals surface area contributed by atoms with Gasteiger partial charge in [0.2, 0.25) is 0 Å². The second-order valence-corrected chi connectivity index (χ2v) is 4.22. The summed E-state index contributed by atoms with van der Waals surface area (Å²) in [6.07, 6.45) is 0. The zero-order valence-electron chi connectivity index (χ0n) is 10.1. The average Bonchev–Trinajstić information content (AvgIpc) is 2.63. The van der Waals surface area contributed by atoms with Crippen LogP contribution in [0.25, 0.3) is 0 Å². The van der Waals surface area contributed by atoms with Crippen molar-refractivity contribution in [3.8, 4) is 0 Å². The lowest BCUT2D eigenvalue weighted by Crippen LogP contribution is -2.27. The monoisotopic (exact) mass is 211 g/mol. The molecule has 0 aliphatic heterocycles. The lowest BCUT2D eigenvalue weighted by atomic mass is 10.1. The fourth-order valence-electron chi connectivity index (χ4n) is 1.33. The molecule has 4 heteroatoms.